The lowest BCUT2D eigenvalue weighted by atomic mass is 10.1. The molecule has 0 aliphatic carbocycles. The third-order valence-corrected chi connectivity index (χ3v) is 3.67. The average Bonchev–Trinajstić information content (AvgIpc) is 2.91. The van der Waals surface area contributed by atoms with Gasteiger partial charge in [-0.15, -0.1) is 0 Å². The smallest absolute Gasteiger partial charge is 0.119 e. The van der Waals surface area contributed by atoms with Gasteiger partial charge >= 0.3 is 0 Å². The lowest BCUT2D eigenvalue weighted by Crippen LogP contribution is -2.34. The van der Waals surface area contributed by atoms with Crippen LogP contribution in [0.5, 0.6) is 5.75 Å². The summed E-state index contributed by atoms with van der Waals surface area (Å²) >= 11 is 5.24. The van der Waals surface area contributed by atoms with Crippen LogP contribution in [0.3, 0.4) is 0 Å². The molecule has 0 amide bonds. The number of hydrogen-bond donors (Lipinski definition) is 1. The van der Waals surface area contributed by atoms with Crippen LogP contribution in [0, 0.1) is 0 Å². The zero-order chi connectivity index (χ0) is 13.7. The lowest BCUT2D eigenvalue weighted by molar-refractivity contribution is 0.303. The van der Waals surface area contributed by atoms with Crippen molar-refractivity contribution in [3.05, 3.63) is 29.8 Å². The molecule has 1 aromatic carbocycles. The van der Waals surface area contributed by atoms with Gasteiger partial charge in [0.25, 0.3) is 0 Å². The molecule has 1 aliphatic rings. The van der Waals surface area contributed by atoms with E-state index in [2.05, 4.69) is 24.0 Å². The van der Waals surface area contributed by atoms with Crippen LogP contribution in [0.15, 0.2) is 24.3 Å². The standard InChI is InChI=1S/C15H22N2OS/c1-2-11-18-13-7-5-12(6-8-13)14(15(16)19)17-9-3-4-10-17/h5-8,14H,2-4,9-11H2,1H3,(H2,16,19). The quantitative estimate of drug-likeness (QED) is 0.812. The second kappa shape index (κ2) is 6.87. The number of thiocarbonyl (C=S) groups is 1. The van der Waals surface area contributed by atoms with Crippen LogP contribution >= 0.6 is 12.2 Å². The van der Waals surface area contributed by atoms with Gasteiger partial charge in [-0.3, -0.25) is 4.90 Å². The van der Waals surface area contributed by atoms with Crippen LogP contribution in [0.25, 0.3) is 0 Å². The molecule has 1 aromatic rings. The molecule has 1 saturated heterocycles. The molecule has 1 atom stereocenters. The van der Waals surface area contributed by atoms with Crippen LogP contribution in [0.1, 0.15) is 37.8 Å². The van der Waals surface area contributed by atoms with E-state index in [9.17, 15) is 0 Å². The summed E-state index contributed by atoms with van der Waals surface area (Å²) in [5.74, 6) is 0.911. The van der Waals surface area contributed by atoms with Gasteiger partial charge in [0.15, 0.2) is 0 Å². The molecule has 1 unspecified atom stereocenters. The average molecular weight is 278 g/mol. The molecule has 0 spiro atoms. The van der Waals surface area contributed by atoms with E-state index in [-0.39, 0.29) is 6.04 Å². The van der Waals surface area contributed by atoms with Crippen molar-refractivity contribution in [2.75, 3.05) is 19.7 Å². The first-order valence-corrected chi connectivity index (χ1v) is 7.39. The maximum atomic E-state index is 5.93. The van der Waals surface area contributed by atoms with Gasteiger partial charge in [0.2, 0.25) is 0 Å². The number of likely N-dealkylation sites (tertiary alicyclic amines) is 1. The highest BCUT2D eigenvalue weighted by Gasteiger charge is 2.25. The highest BCUT2D eigenvalue weighted by atomic mass is 32.1. The van der Waals surface area contributed by atoms with Gasteiger partial charge in [0.1, 0.15) is 5.75 Å². The molecule has 0 saturated carbocycles. The number of nitrogens with zero attached hydrogens (tertiary/aromatic N) is 1. The van der Waals surface area contributed by atoms with Crippen LogP contribution < -0.4 is 10.5 Å². The summed E-state index contributed by atoms with van der Waals surface area (Å²) < 4.78 is 5.60. The molecular weight excluding hydrogens is 256 g/mol. The normalized spacial score (nSPS) is 17.3. The molecule has 1 fully saturated rings. The van der Waals surface area contributed by atoms with E-state index in [1.165, 1.54) is 18.4 Å². The number of ether oxygens (including phenoxy) is 1. The molecule has 4 heteroatoms. The highest BCUT2D eigenvalue weighted by molar-refractivity contribution is 7.80. The minimum atomic E-state index is 0.0673. The topological polar surface area (TPSA) is 38.5 Å². The van der Waals surface area contributed by atoms with Crippen molar-refractivity contribution in [3.8, 4) is 5.75 Å². The molecule has 19 heavy (non-hydrogen) atoms. The van der Waals surface area contributed by atoms with Gasteiger partial charge in [-0.1, -0.05) is 31.3 Å². The van der Waals surface area contributed by atoms with Crippen molar-refractivity contribution < 1.29 is 4.74 Å². The van der Waals surface area contributed by atoms with Crippen LogP contribution in [0.4, 0.5) is 0 Å². The molecule has 3 nitrogen and oxygen atoms in total. The van der Waals surface area contributed by atoms with E-state index in [1.54, 1.807) is 0 Å². The Balaban J connectivity index is 2.10. The molecule has 0 bridgehead atoms. The first kappa shape index (κ1) is 14.3. The largest absolute Gasteiger partial charge is 0.494 e. The Morgan fingerprint density at radius 1 is 1.32 bits per heavy atom. The number of nitrogens with two attached hydrogens (primary N) is 1. The predicted molar refractivity (Wildman–Crippen MR) is 82.6 cm³/mol. The zero-order valence-corrected chi connectivity index (χ0v) is 12.3. The summed E-state index contributed by atoms with van der Waals surface area (Å²) in [6, 6.07) is 8.23. The Hall–Kier alpha value is -1.13. The first-order chi connectivity index (χ1) is 9.22. The third kappa shape index (κ3) is 3.67. The number of rotatable bonds is 6. The molecule has 1 heterocycles. The van der Waals surface area contributed by atoms with Gasteiger partial charge in [-0.05, 0) is 50.0 Å². The minimum Gasteiger partial charge on any atom is -0.494 e. The summed E-state index contributed by atoms with van der Waals surface area (Å²) in [6.07, 6.45) is 3.48. The molecular formula is C15H22N2OS. The van der Waals surface area contributed by atoms with E-state index >= 15 is 0 Å². The summed E-state index contributed by atoms with van der Waals surface area (Å²) in [5.41, 5.74) is 7.09. The van der Waals surface area contributed by atoms with Crippen molar-refractivity contribution in [1.29, 1.82) is 0 Å². The van der Waals surface area contributed by atoms with E-state index in [0.717, 1.165) is 31.9 Å². The molecule has 0 radical (unpaired) electrons. The van der Waals surface area contributed by atoms with Crippen molar-refractivity contribution in [2.45, 2.75) is 32.2 Å². The molecule has 1 aliphatic heterocycles. The molecule has 104 valence electrons. The maximum absolute atomic E-state index is 5.93. The van der Waals surface area contributed by atoms with Gasteiger partial charge in [-0.25, -0.2) is 0 Å². The summed E-state index contributed by atoms with van der Waals surface area (Å²) in [6.45, 7) is 5.01. The van der Waals surface area contributed by atoms with Crippen molar-refractivity contribution >= 4 is 17.2 Å². The van der Waals surface area contributed by atoms with Crippen LogP contribution in [0.2, 0.25) is 0 Å². The first-order valence-electron chi connectivity index (χ1n) is 6.98. The number of benzene rings is 1. The van der Waals surface area contributed by atoms with Gasteiger partial charge in [-0.2, -0.15) is 0 Å². The van der Waals surface area contributed by atoms with Crippen molar-refractivity contribution in [2.24, 2.45) is 5.73 Å². The Morgan fingerprint density at radius 3 is 2.47 bits per heavy atom. The van der Waals surface area contributed by atoms with Crippen molar-refractivity contribution in [3.63, 3.8) is 0 Å². The fourth-order valence-corrected chi connectivity index (χ4v) is 2.81. The van der Waals surface area contributed by atoms with Crippen LogP contribution in [-0.4, -0.2) is 29.6 Å². The molecule has 2 N–H and O–H groups in total. The fourth-order valence-electron chi connectivity index (χ4n) is 2.52. The van der Waals surface area contributed by atoms with Gasteiger partial charge in [0, 0.05) is 0 Å². The molecule has 0 aromatic heterocycles. The maximum Gasteiger partial charge on any atom is 0.119 e. The fraction of sp³-hybridized carbons (Fsp3) is 0.533. The second-order valence-electron chi connectivity index (χ2n) is 4.97. The third-order valence-electron chi connectivity index (χ3n) is 3.44. The summed E-state index contributed by atoms with van der Waals surface area (Å²) in [5, 5.41) is 0. The van der Waals surface area contributed by atoms with E-state index in [0.29, 0.717) is 4.99 Å². The van der Waals surface area contributed by atoms with Crippen LogP contribution in [-0.2, 0) is 0 Å². The Bertz CT molecular complexity index is 413. The minimum absolute atomic E-state index is 0.0673. The Morgan fingerprint density at radius 2 is 1.95 bits per heavy atom. The van der Waals surface area contributed by atoms with Crippen molar-refractivity contribution in [1.82, 2.24) is 4.90 Å². The number of hydrogen-bond acceptors (Lipinski definition) is 3. The summed E-state index contributed by atoms with van der Waals surface area (Å²) in [7, 11) is 0. The lowest BCUT2D eigenvalue weighted by Gasteiger charge is -2.27. The summed E-state index contributed by atoms with van der Waals surface area (Å²) in [4.78, 5) is 2.92. The zero-order valence-electron chi connectivity index (χ0n) is 11.5. The van der Waals surface area contributed by atoms with Gasteiger partial charge in [0.05, 0.1) is 17.6 Å². The van der Waals surface area contributed by atoms with E-state index in [1.807, 2.05) is 12.1 Å². The SMILES string of the molecule is CCCOc1ccc(C(C(N)=S)N2CCCC2)cc1. The highest BCUT2D eigenvalue weighted by Crippen LogP contribution is 2.27. The Labute approximate surface area is 120 Å². The Kier molecular flexibility index (Phi) is 5.16. The predicted octanol–water partition coefficient (Wildman–Crippen LogP) is 2.90. The molecule has 2 rings (SSSR count). The van der Waals surface area contributed by atoms with E-state index < -0.39 is 0 Å². The van der Waals surface area contributed by atoms with E-state index in [4.69, 9.17) is 22.7 Å². The monoisotopic (exact) mass is 278 g/mol. The van der Waals surface area contributed by atoms with Gasteiger partial charge < -0.3 is 10.5 Å². The second-order valence-corrected chi connectivity index (χ2v) is 5.44.